The summed E-state index contributed by atoms with van der Waals surface area (Å²) in [6.07, 6.45) is 5.67. The zero-order valence-electron chi connectivity index (χ0n) is 22.6. The Labute approximate surface area is 237 Å². The van der Waals surface area contributed by atoms with Crippen LogP contribution in [0.1, 0.15) is 45.0 Å². The Balaban J connectivity index is 1.36. The van der Waals surface area contributed by atoms with Crippen molar-refractivity contribution in [3.05, 3.63) is 113 Å². The van der Waals surface area contributed by atoms with E-state index in [0.29, 0.717) is 47.2 Å². The molecule has 0 bridgehead atoms. The summed E-state index contributed by atoms with van der Waals surface area (Å²) in [7, 11) is 3.21. The van der Waals surface area contributed by atoms with Crippen molar-refractivity contribution in [3.63, 3.8) is 0 Å². The zero-order chi connectivity index (χ0) is 28.3. The second-order valence-electron chi connectivity index (χ2n) is 9.64. The number of pyridine rings is 1. The third-order valence-electron chi connectivity index (χ3n) is 7.16. The highest BCUT2D eigenvalue weighted by Crippen LogP contribution is 2.51. The molecule has 0 radical (unpaired) electrons. The molecule has 0 saturated carbocycles. The van der Waals surface area contributed by atoms with Gasteiger partial charge < -0.3 is 23.7 Å². The van der Waals surface area contributed by atoms with Crippen molar-refractivity contribution in [2.75, 3.05) is 20.8 Å². The molecule has 3 heterocycles. The molecule has 3 aromatic carbocycles. The van der Waals surface area contributed by atoms with E-state index in [1.807, 2.05) is 48.5 Å². The van der Waals surface area contributed by atoms with Gasteiger partial charge in [-0.15, -0.1) is 0 Å². The first-order valence-electron chi connectivity index (χ1n) is 13.2. The molecule has 4 aromatic rings. The molecule has 0 spiro atoms. The Morgan fingerprint density at radius 1 is 0.951 bits per heavy atom. The van der Waals surface area contributed by atoms with Gasteiger partial charge in [-0.05, 0) is 53.6 Å². The van der Waals surface area contributed by atoms with Crippen LogP contribution in [0.15, 0.2) is 84.9 Å². The van der Waals surface area contributed by atoms with Crippen molar-refractivity contribution in [2.24, 2.45) is 0 Å². The van der Waals surface area contributed by atoms with Crippen molar-refractivity contribution in [3.8, 4) is 28.7 Å². The van der Waals surface area contributed by atoms with Crippen molar-refractivity contribution in [1.29, 1.82) is 0 Å². The molecule has 0 amide bonds. The van der Waals surface area contributed by atoms with Gasteiger partial charge in [-0.25, -0.2) is 0 Å². The van der Waals surface area contributed by atoms with E-state index in [1.54, 1.807) is 50.9 Å². The van der Waals surface area contributed by atoms with Gasteiger partial charge in [0.15, 0.2) is 17.3 Å². The Bertz CT molecular complexity index is 1640. The van der Waals surface area contributed by atoms with E-state index in [1.165, 1.54) is 0 Å². The summed E-state index contributed by atoms with van der Waals surface area (Å²) in [6.45, 7) is 0.379. The van der Waals surface area contributed by atoms with E-state index in [4.69, 9.17) is 23.7 Å². The zero-order valence-corrected chi connectivity index (χ0v) is 22.6. The molecular formula is C33H27NO7. The number of carbonyl (C=O) groups excluding carboxylic acids is 2. The summed E-state index contributed by atoms with van der Waals surface area (Å²) >= 11 is 0. The Hall–Kier alpha value is -5.11. The van der Waals surface area contributed by atoms with Crippen molar-refractivity contribution < 1.29 is 33.3 Å². The summed E-state index contributed by atoms with van der Waals surface area (Å²) in [5, 5.41) is 0. The fourth-order valence-corrected chi connectivity index (χ4v) is 5.17. The quantitative estimate of drug-likeness (QED) is 0.155. The monoisotopic (exact) mass is 549 g/mol. The van der Waals surface area contributed by atoms with Crippen molar-refractivity contribution in [2.45, 2.75) is 18.8 Å². The van der Waals surface area contributed by atoms with Gasteiger partial charge in [-0.2, -0.15) is 0 Å². The number of para-hydroxylation sites is 1. The van der Waals surface area contributed by atoms with Crippen LogP contribution in [0.25, 0.3) is 6.08 Å². The van der Waals surface area contributed by atoms with E-state index in [0.717, 1.165) is 22.4 Å². The first-order valence-corrected chi connectivity index (χ1v) is 13.2. The number of ether oxygens (including phenoxy) is 5. The predicted molar refractivity (Wildman–Crippen MR) is 151 cm³/mol. The van der Waals surface area contributed by atoms with Gasteiger partial charge in [-0.3, -0.25) is 14.6 Å². The molecule has 0 aliphatic carbocycles. The summed E-state index contributed by atoms with van der Waals surface area (Å²) in [5.74, 6) is 1.66. The smallest absolute Gasteiger partial charge is 0.312 e. The molecule has 0 N–H and O–H groups in total. The Morgan fingerprint density at radius 3 is 2.56 bits per heavy atom. The number of nitrogens with zero attached hydrogens (tertiary/aromatic N) is 1. The number of esters is 1. The first-order chi connectivity index (χ1) is 20.1. The number of carbonyl (C=O) groups is 2. The maximum absolute atomic E-state index is 13.3. The van der Waals surface area contributed by atoms with Crippen molar-refractivity contribution in [1.82, 2.24) is 4.98 Å². The Morgan fingerprint density at radius 2 is 1.80 bits per heavy atom. The van der Waals surface area contributed by atoms with Crippen LogP contribution in [0.5, 0.6) is 28.7 Å². The van der Waals surface area contributed by atoms with E-state index in [9.17, 15) is 9.59 Å². The predicted octanol–water partition coefficient (Wildman–Crippen LogP) is 5.78. The summed E-state index contributed by atoms with van der Waals surface area (Å²) in [5.41, 5.74) is 3.60. The standard InChI is InChI=1S/C33H27NO7/c1-37-22-10-8-20(9-11-22)14-16-39-32-23(6-3-7-27(32)38-2)25-18-29(35)40-26-13-12-24-31(36)28(41-33(24)30(25)26)17-21-5-4-15-34-19-21/h3-13,15,17,19,25H,14,16,18H2,1-2H3/b28-17-. The average molecular weight is 550 g/mol. The fraction of sp³-hybridized carbons (Fsp3) is 0.182. The normalized spacial score (nSPS) is 16.4. The maximum atomic E-state index is 13.3. The molecule has 1 aromatic heterocycles. The van der Waals surface area contributed by atoms with E-state index in [-0.39, 0.29) is 23.9 Å². The Kier molecular flexibility index (Phi) is 7.12. The maximum Gasteiger partial charge on any atom is 0.312 e. The van der Waals surface area contributed by atoms with Crippen LogP contribution in [0.2, 0.25) is 0 Å². The van der Waals surface area contributed by atoms with Gasteiger partial charge in [0.1, 0.15) is 17.2 Å². The van der Waals surface area contributed by atoms with E-state index < -0.39 is 5.92 Å². The van der Waals surface area contributed by atoms with Gasteiger partial charge in [0, 0.05) is 35.9 Å². The summed E-state index contributed by atoms with van der Waals surface area (Å²) in [4.78, 5) is 30.2. The highest BCUT2D eigenvalue weighted by Gasteiger charge is 2.39. The van der Waals surface area contributed by atoms with Crippen molar-refractivity contribution >= 4 is 17.8 Å². The molecule has 8 nitrogen and oxygen atoms in total. The lowest BCUT2D eigenvalue weighted by molar-refractivity contribution is -0.135. The fourth-order valence-electron chi connectivity index (χ4n) is 5.17. The number of aromatic nitrogens is 1. The minimum Gasteiger partial charge on any atom is -0.497 e. The van der Waals surface area contributed by atoms with Crippen LogP contribution in [0.3, 0.4) is 0 Å². The lowest BCUT2D eigenvalue weighted by Gasteiger charge is -2.28. The minimum absolute atomic E-state index is 0.0463. The number of hydrogen-bond acceptors (Lipinski definition) is 8. The van der Waals surface area contributed by atoms with Gasteiger partial charge in [0.2, 0.25) is 5.78 Å². The lowest BCUT2D eigenvalue weighted by atomic mass is 9.84. The number of fused-ring (bicyclic) bond motifs is 3. The van der Waals surface area contributed by atoms with Crippen LogP contribution in [0, 0.1) is 0 Å². The van der Waals surface area contributed by atoms with Crippen LogP contribution < -0.4 is 23.7 Å². The molecule has 0 fully saturated rings. The number of benzene rings is 3. The number of allylic oxidation sites excluding steroid dienone is 1. The second-order valence-corrected chi connectivity index (χ2v) is 9.64. The van der Waals surface area contributed by atoms with Gasteiger partial charge in [0.25, 0.3) is 0 Å². The average Bonchev–Trinajstić information content (AvgIpc) is 3.32. The number of ketones is 1. The molecule has 8 heteroatoms. The molecule has 41 heavy (non-hydrogen) atoms. The minimum atomic E-state index is -0.488. The largest absolute Gasteiger partial charge is 0.497 e. The lowest BCUT2D eigenvalue weighted by Crippen LogP contribution is -2.22. The molecule has 206 valence electrons. The first kappa shape index (κ1) is 26.1. The SMILES string of the molecule is COc1ccc(CCOc2c(OC)cccc2C2CC(=O)Oc3ccc4c(c32)O/C(=C\c2cccnc2)C4=O)cc1. The number of methoxy groups -OCH3 is 2. The van der Waals surface area contributed by atoms with Crippen LogP contribution in [0.4, 0.5) is 0 Å². The highest BCUT2D eigenvalue weighted by molar-refractivity contribution is 6.15. The number of Topliss-reactive ketones (excluding diaryl/α,β-unsaturated/α-hetero) is 1. The van der Waals surface area contributed by atoms with Gasteiger partial charge in [0.05, 0.1) is 32.8 Å². The van der Waals surface area contributed by atoms with Crippen LogP contribution >= 0.6 is 0 Å². The topological polar surface area (TPSA) is 93.2 Å². The molecular weight excluding hydrogens is 522 g/mol. The molecule has 6 rings (SSSR count). The van der Waals surface area contributed by atoms with E-state index in [2.05, 4.69) is 4.98 Å². The van der Waals surface area contributed by atoms with Gasteiger partial charge in [-0.1, -0.05) is 30.3 Å². The third-order valence-corrected chi connectivity index (χ3v) is 7.16. The van der Waals surface area contributed by atoms with E-state index >= 15 is 0 Å². The number of rotatable bonds is 8. The van der Waals surface area contributed by atoms with Crippen LogP contribution in [-0.2, 0) is 11.2 Å². The second kappa shape index (κ2) is 11.2. The molecule has 0 saturated heterocycles. The summed E-state index contributed by atoms with van der Waals surface area (Å²) < 4.78 is 29.0. The summed E-state index contributed by atoms with van der Waals surface area (Å²) in [6, 6.07) is 20.3. The highest BCUT2D eigenvalue weighted by atomic mass is 16.5. The molecule has 2 aliphatic rings. The molecule has 2 aliphatic heterocycles. The van der Waals surface area contributed by atoms with Crippen LogP contribution in [-0.4, -0.2) is 37.6 Å². The van der Waals surface area contributed by atoms with Gasteiger partial charge >= 0.3 is 5.97 Å². The third kappa shape index (κ3) is 5.12. The molecule has 1 unspecified atom stereocenters. The molecule has 1 atom stereocenters. The number of hydrogen-bond donors (Lipinski definition) is 0.